The number of rotatable bonds is 0. The zero-order chi connectivity index (χ0) is 9.84. The summed E-state index contributed by atoms with van der Waals surface area (Å²) in [6.07, 6.45) is 0. The highest BCUT2D eigenvalue weighted by Crippen LogP contribution is 2.13. The molecule has 2 aromatic rings. The molecule has 0 saturated carbocycles. The molecule has 0 aliphatic carbocycles. The predicted octanol–water partition coefficient (Wildman–Crippen LogP) is 2.72. The lowest BCUT2D eigenvalue weighted by molar-refractivity contribution is 0.409. The topological polar surface area (TPSA) is 43.4 Å². The van der Waals surface area contributed by atoms with Gasteiger partial charge in [0.05, 0.1) is 0 Å². The molecular weight excluding hydrogens is 168 g/mol. The van der Waals surface area contributed by atoms with Crippen LogP contribution in [0.4, 0.5) is 0 Å². The Morgan fingerprint density at radius 3 is 2.38 bits per heavy atom. The molecular formula is C10H12O3. The molecule has 0 bridgehead atoms. The predicted molar refractivity (Wildman–Crippen MR) is 50.8 cm³/mol. The summed E-state index contributed by atoms with van der Waals surface area (Å²) in [5, 5.41) is 0. The van der Waals surface area contributed by atoms with Crippen LogP contribution in [-0.4, -0.2) is 0 Å². The Morgan fingerprint density at radius 1 is 1.08 bits per heavy atom. The summed E-state index contributed by atoms with van der Waals surface area (Å²) in [6.45, 7) is 5.92. The van der Waals surface area contributed by atoms with E-state index in [1.807, 2.05) is 26.8 Å². The first-order valence-electron chi connectivity index (χ1n) is 4.26. The van der Waals surface area contributed by atoms with Gasteiger partial charge in [0.25, 0.3) is 0 Å². The highest BCUT2D eigenvalue weighted by atomic mass is 16.6. The highest BCUT2D eigenvalue weighted by Gasteiger charge is 2.01. The van der Waals surface area contributed by atoms with Crippen molar-refractivity contribution in [1.29, 1.82) is 0 Å². The van der Waals surface area contributed by atoms with E-state index in [1.54, 1.807) is 12.1 Å². The van der Waals surface area contributed by atoms with E-state index in [-0.39, 0.29) is 0 Å². The maximum Gasteiger partial charge on any atom is 0.519 e. The van der Waals surface area contributed by atoms with Crippen LogP contribution in [0.25, 0.3) is 11.2 Å². The van der Waals surface area contributed by atoms with E-state index in [2.05, 4.69) is 0 Å². The van der Waals surface area contributed by atoms with Gasteiger partial charge in [-0.1, -0.05) is 19.9 Å². The van der Waals surface area contributed by atoms with Gasteiger partial charge in [0.2, 0.25) is 0 Å². The number of benzene rings is 1. The average molecular weight is 180 g/mol. The second-order valence-electron chi connectivity index (χ2n) is 2.40. The maximum absolute atomic E-state index is 10.6. The summed E-state index contributed by atoms with van der Waals surface area (Å²) in [5.41, 5.74) is 2.05. The molecule has 70 valence electrons. The Bertz CT molecular complexity index is 437. The minimum atomic E-state index is -0.648. The summed E-state index contributed by atoms with van der Waals surface area (Å²) in [6, 6.07) is 5.34. The number of hydrogen-bond donors (Lipinski definition) is 0. The standard InChI is InChI=1S/C8H6O3.C2H6/c1-5-2-3-6-7(4-5)11-8(9)10-6;1-2/h2-4H,1H3;1-2H3. The van der Waals surface area contributed by atoms with Gasteiger partial charge in [-0.15, -0.1) is 0 Å². The molecule has 0 saturated heterocycles. The van der Waals surface area contributed by atoms with Crippen molar-refractivity contribution in [3.63, 3.8) is 0 Å². The van der Waals surface area contributed by atoms with Gasteiger partial charge in [-0.2, -0.15) is 0 Å². The largest absolute Gasteiger partial charge is 0.519 e. The fourth-order valence-corrected chi connectivity index (χ4v) is 0.980. The maximum atomic E-state index is 10.6. The van der Waals surface area contributed by atoms with Crippen molar-refractivity contribution < 1.29 is 8.83 Å². The van der Waals surface area contributed by atoms with E-state index in [4.69, 9.17) is 8.83 Å². The molecule has 0 aliphatic rings. The molecule has 0 aliphatic heterocycles. The summed E-state index contributed by atoms with van der Waals surface area (Å²) < 4.78 is 9.43. The molecule has 3 heteroatoms. The Kier molecular flexibility index (Phi) is 2.90. The Balaban J connectivity index is 0.000000396. The lowest BCUT2D eigenvalue weighted by atomic mass is 10.2. The molecule has 0 fully saturated rings. The molecule has 0 unspecified atom stereocenters. The van der Waals surface area contributed by atoms with Crippen LogP contribution in [0.3, 0.4) is 0 Å². The molecule has 1 heterocycles. The first-order chi connectivity index (χ1) is 6.25. The number of aryl methyl sites for hydroxylation is 1. The summed E-state index contributed by atoms with van der Waals surface area (Å²) in [7, 11) is 0. The zero-order valence-corrected chi connectivity index (χ0v) is 7.96. The van der Waals surface area contributed by atoms with Gasteiger partial charge in [-0.3, -0.25) is 0 Å². The van der Waals surface area contributed by atoms with Crippen LogP contribution in [0.2, 0.25) is 0 Å². The van der Waals surface area contributed by atoms with Gasteiger partial charge in [0, 0.05) is 0 Å². The van der Waals surface area contributed by atoms with Gasteiger partial charge >= 0.3 is 5.82 Å². The van der Waals surface area contributed by atoms with E-state index in [0.29, 0.717) is 11.2 Å². The molecule has 0 spiro atoms. The molecule has 1 aromatic heterocycles. The summed E-state index contributed by atoms with van der Waals surface area (Å²) in [4.78, 5) is 10.6. The van der Waals surface area contributed by atoms with Crippen molar-refractivity contribution >= 4 is 11.2 Å². The van der Waals surface area contributed by atoms with Crippen molar-refractivity contribution in [3.05, 3.63) is 34.4 Å². The first kappa shape index (κ1) is 9.58. The van der Waals surface area contributed by atoms with Crippen LogP contribution in [0.1, 0.15) is 19.4 Å². The number of hydrogen-bond acceptors (Lipinski definition) is 3. The molecule has 2 rings (SSSR count). The van der Waals surface area contributed by atoms with Crippen molar-refractivity contribution in [2.24, 2.45) is 0 Å². The van der Waals surface area contributed by atoms with Crippen LogP contribution >= 0.6 is 0 Å². The van der Waals surface area contributed by atoms with Crippen molar-refractivity contribution in [2.45, 2.75) is 20.8 Å². The third kappa shape index (κ3) is 1.99. The van der Waals surface area contributed by atoms with Crippen LogP contribution in [0.5, 0.6) is 0 Å². The van der Waals surface area contributed by atoms with E-state index in [9.17, 15) is 4.79 Å². The average Bonchev–Trinajstić information content (AvgIpc) is 2.48. The van der Waals surface area contributed by atoms with Crippen LogP contribution in [0, 0.1) is 6.92 Å². The lowest BCUT2D eigenvalue weighted by Crippen LogP contribution is -1.84. The van der Waals surface area contributed by atoms with E-state index >= 15 is 0 Å². The Morgan fingerprint density at radius 2 is 1.69 bits per heavy atom. The normalized spacial score (nSPS) is 9.46. The summed E-state index contributed by atoms with van der Waals surface area (Å²) in [5.74, 6) is -0.648. The van der Waals surface area contributed by atoms with Crippen LogP contribution in [-0.2, 0) is 0 Å². The molecule has 0 atom stereocenters. The monoisotopic (exact) mass is 180 g/mol. The Labute approximate surface area is 76.0 Å². The van der Waals surface area contributed by atoms with E-state index in [1.165, 1.54) is 0 Å². The second kappa shape index (κ2) is 3.94. The Hall–Kier alpha value is -1.51. The quantitative estimate of drug-likeness (QED) is 0.626. The molecule has 3 nitrogen and oxygen atoms in total. The van der Waals surface area contributed by atoms with E-state index < -0.39 is 5.82 Å². The molecule has 13 heavy (non-hydrogen) atoms. The number of fused-ring (bicyclic) bond motifs is 1. The van der Waals surface area contributed by atoms with Crippen molar-refractivity contribution in [2.75, 3.05) is 0 Å². The SMILES string of the molecule is CC.Cc1ccc2oc(=O)oc2c1. The first-order valence-corrected chi connectivity index (χ1v) is 4.26. The van der Waals surface area contributed by atoms with Gasteiger partial charge in [-0.25, -0.2) is 4.79 Å². The van der Waals surface area contributed by atoms with Crippen LogP contribution < -0.4 is 5.82 Å². The lowest BCUT2D eigenvalue weighted by Gasteiger charge is -1.86. The van der Waals surface area contributed by atoms with Gasteiger partial charge in [0.15, 0.2) is 11.2 Å². The van der Waals surface area contributed by atoms with E-state index in [0.717, 1.165) is 5.56 Å². The van der Waals surface area contributed by atoms with Gasteiger partial charge in [-0.05, 0) is 24.6 Å². The van der Waals surface area contributed by atoms with Gasteiger partial charge < -0.3 is 8.83 Å². The summed E-state index contributed by atoms with van der Waals surface area (Å²) >= 11 is 0. The molecule has 0 radical (unpaired) electrons. The second-order valence-corrected chi connectivity index (χ2v) is 2.40. The fourth-order valence-electron chi connectivity index (χ4n) is 0.980. The highest BCUT2D eigenvalue weighted by molar-refractivity contribution is 5.70. The smallest absolute Gasteiger partial charge is 0.391 e. The van der Waals surface area contributed by atoms with Crippen molar-refractivity contribution in [1.82, 2.24) is 0 Å². The molecule has 1 aromatic carbocycles. The minimum Gasteiger partial charge on any atom is -0.391 e. The fraction of sp³-hybridized carbons (Fsp3) is 0.300. The third-order valence-electron chi connectivity index (χ3n) is 1.49. The molecule has 0 N–H and O–H groups in total. The zero-order valence-electron chi connectivity index (χ0n) is 7.96. The third-order valence-corrected chi connectivity index (χ3v) is 1.49. The van der Waals surface area contributed by atoms with Crippen LogP contribution in [0.15, 0.2) is 31.8 Å². The van der Waals surface area contributed by atoms with Crippen molar-refractivity contribution in [3.8, 4) is 0 Å². The molecule has 0 amide bonds. The van der Waals surface area contributed by atoms with Gasteiger partial charge in [0.1, 0.15) is 0 Å². The minimum absolute atomic E-state index is 0.501.